The molecule has 0 saturated heterocycles. The van der Waals surface area contributed by atoms with Crippen LogP contribution in [0.1, 0.15) is 17.3 Å². The summed E-state index contributed by atoms with van der Waals surface area (Å²) in [5.74, 6) is -0.124. The van der Waals surface area contributed by atoms with E-state index >= 15 is 0 Å². The number of carbonyl (C=O) groups excluding carboxylic acids is 2. The lowest BCUT2D eigenvalue weighted by Crippen LogP contribution is -2.11. The summed E-state index contributed by atoms with van der Waals surface area (Å²) in [6.45, 7) is 2.23. The first kappa shape index (κ1) is 15.6. The van der Waals surface area contributed by atoms with Gasteiger partial charge in [-0.25, -0.2) is 4.79 Å². The third-order valence-corrected chi connectivity index (χ3v) is 2.32. The van der Waals surface area contributed by atoms with Crippen molar-refractivity contribution in [3.8, 4) is 11.5 Å². The number of rotatable bonds is 7. The molecule has 0 unspecified atom stereocenters. The van der Waals surface area contributed by atoms with E-state index in [0.717, 1.165) is 0 Å². The van der Waals surface area contributed by atoms with Crippen molar-refractivity contribution in [3.05, 3.63) is 35.9 Å². The van der Waals surface area contributed by atoms with Crippen LogP contribution in [0.4, 0.5) is 0 Å². The first-order valence-corrected chi connectivity index (χ1v) is 6.02. The number of benzene rings is 1. The van der Waals surface area contributed by atoms with Gasteiger partial charge in [0.2, 0.25) is 5.91 Å². The van der Waals surface area contributed by atoms with Crippen LogP contribution in [0.15, 0.2) is 30.4 Å². The summed E-state index contributed by atoms with van der Waals surface area (Å²) >= 11 is 0. The maximum absolute atomic E-state index is 11.1. The van der Waals surface area contributed by atoms with Gasteiger partial charge < -0.3 is 19.9 Å². The molecule has 1 aromatic carbocycles. The predicted octanol–water partition coefficient (Wildman–Crippen LogP) is 1.29. The lowest BCUT2D eigenvalue weighted by molar-refractivity contribution is -0.137. The largest absolute Gasteiger partial charge is 0.493 e. The Morgan fingerprint density at radius 3 is 2.65 bits per heavy atom. The molecule has 2 N–H and O–H groups in total. The summed E-state index contributed by atoms with van der Waals surface area (Å²) in [5, 5.41) is 0. The van der Waals surface area contributed by atoms with Crippen molar-refractivity contribution in [2.24, 2.45) is 5.73 Å². The average Bonchev–Trinajstić information content (AvgIpc) is 2.43. The van der Waals surface area contributed by atoms with Crippen LogP contribution in [-0.4, -0.2) is 32.2 Å². The molecule has 1 rings (SSSR count). The predicted molar refractivity (Wildman–Crippen MR) is 72.8 cm³/mol. The fraction of sp³-hybridized carbons (Fsp3) is 0.286. The second-order valence-electron chi connectivity index (χ2n) is 3.70. The minimum atomic E-state index is -0.544. The summed E-state index contributed by atoms with van der Waals surface area (Å²) in [7, 11) is 1.46. The summed E-state index contributed by atoms with van der Waals surface area (Å²) in [6, 6.07) is 4.61. The molecular formula is C14H17NO5. The van der Waals surface area contributed by atoms with Crippen LogP contribution in [0, 0.1) is 0 Å². The smallest absolute Gasteiger partial charge is 0.330 e. The third kappa shape index (κ3) is 4.64. The number of carbonyl (C=O) groups is 2. The molecule has 0 aromatic heterocycles. The van der Waals surface area contributed by atoms with Crippen molar-refractivity contribution in [3.63, 3.8) is 0 Å². The lowest BCUT2D eigenvalue weighted by Gasteiger charge is -2.09. The van der Waals surface area contributed by atoms with Crippen LogP contribution in [0.5, 0.6) is 11.5 Å². The molecule has 20 heavy (non-hydrogen) atoms. The van der Waals surface area contributed by atoms with Gasteiger partial charge in [0.05, 0.1) is 13.7 Å². The number of primary amides is 1. The van der Waals surface area contributed by atoms with Crippen LogP contribution in [-0.2, 0) is 9.53 Å². The molecule has 0 saturated carbocycles. The highest BCUT2D eigenvalue weighted by Gasteiger charge is 2.08. The molecule has 0 aliphatic heterocycles. The minimum absolute atomic E-state index is 0.172. The Labute approximate surface area is 117 Å². The Morgan fingerprint density at radius 2 is 2.05 bits per heavy atom. The molecule has 1 amide bonds. The van der Waals surface area contributed by atoms with E-state index in [0.29, 0.717) is 23.7 Å². The van der Waals surface area contributed by atoms with Gasteiger partial charge in [-0.05, 0) is 31.2 Å². The molecule has 0 spiro atoms. The second-order valence-corrected chi connectivity index (χ2v) is 3.70. The van der Waals surface area contributed by atoms with Crippen molar-refractivity contribution >= 4 is 11.9 Å². The SMILES string of the molecule is CCOC(=O)/C=C/COc1ccc(C(N)=O)cc1OC. The van der Waals surface area contributed by atoms with Crippen molar-refractivity contribution in [2.45, 2.75) is 6.92 Å². The molecule has 0 bridgehead atoms. The van der Waals surface area contributed by atoms with Gasteiger partial charge in [0.1, 0.15) is 6.61 Å². The van der Waals surface area contributed by atoms with Crippen molar-refractivity contribution < 1.29 is 23.8 Å². The Bertz CT molecular complexity index is 510. The number of nitrogens with two attached hydrogens (primary N) is 1. The van der Waals surface area contributed by atoms with E-state index in [-0.39, 0.29) is 6.61 Å². The molecule has 0 atom stereocenters. The average molecular weight is 279 g/mol. The molecule has 6 nitrogen and oxygen atoms in total. The van der Waals surface area contributed by atoms with E-state index in [1.54, 1.807) is 13.0 Å². The van der Waals surface area contributed by atoms with Gasteiger partial charge in [0.15, 0.2) is 11.5 Å². The van der Waals surface area contributed by atoms with Gasteiger partial charge in [0.25, 0.3) is 0 Å². The first-order valence-electron chi connectivity index (χ1n) is 6.02. The minimum Gasteiger partial charge on any atom is -0.493 e. The lowest BCUT2D eigenvalue weighted by atomic mass is 10.2. The van der Waals surface area contributed by atoms with Crippen LogP contribution in [0.3, 0.4) is 0 Å². The molecule has 6 heteroatoms. The van der Waals surface area contributed by atoms with Crippen molar-refractivity contribution in [1.82, 2.24) is 0 Å². The fourth-order valence-electron chi connectivity index (χ4n) is 1.41. The number of methoxy groups -OCH3 is 1. The molecule has 0 aliphatic carbocycles. The van der Waals surface area contributed by atoms with Gasteiger partial charge in [-0.15, -0.1) is 0 Å². The zero-order valence-electron chi connectivity index (χ0n) is 11.4. The maximum atomic E-state index is 11.1. The third-order valence-electron chi connectivity index (χ3n) is 2.32. The number of hydrogen-bond donors (Lipinski definition) is 1. The highest BCUT2D eigenvalue weighted by molar-refractivity contribution is 5.93. The van der Waals surface area contributed by atoms with Gasteiger partial charge >= 0.3 is 5.97 Å². The standard InChI is InChI=1S/C14H17NO5/c1-3-19-13(16)5-4-8-20-11-7-6-10(14(15)17)9-12(11)18-2/h4-7,9H,3,8H2,1-2H3,(H2,15,17)/b5-4+. The quantitative estimate of drug-likeness (QED) is 0.600. The normalized spacial score (nSPS) is 10.3. The van der Waals surface area contributed by atoms with E-state index in [9.17, 15) is 9.59 Å². The Kier molecular flexibility index (Phi) is 6.09. The first-order chi connectivity index (χ1) is 9.58. The second kappa shape index (κ2) is 7.83. The molecule has 1 aromatic rings. The number of amides is 1. The molecule has 0 heterocycles. The Balaban J connectivity index is 2.64. The van der Waals surface area contributed by atoms with Gasteiger partial charge in [0, 0.05) is 11.6 Å². The van der Waals surface area contributed by atoms with E-state index in [1.165, 1.54) is 31.4 Å². The highest BCUT2D eigenvalue weighted by Crippen LogP contribution is 2.27. The summed E-state index contributed by atoms with van der Waals surface area (Å²) < 4.78 is 15.2. The molecular weight excluding hydrogens is 262 g/mol. The van der Waals surface area contributed by atoms with E-state index in [1.807, 2.05) is 0 Å². The molecule has 0 aliphatic rings. The Morgan fingerprint density at radius 1 is 1.30 bits per heavy atom. The summed E-state index contributed by atoms with van der Waals surface area (Å²) in [5.41, 5.74) is 5.50. The van der Waals surface area contributed by atoms with Crippen LogP contribution in [0.2, 0.25) is 0 Å². The Hall–Kier alpha value is -2.50. The number of ether oxygens (including phenoxy) is 3. The fourth-order valence-corrected chi connectivity index (χ4v) is 1.41. The molecule has 0 fully saturated rings. The van der Waals surface area contributed by atoms with E-state index < -0.39 is 11.9 Å². The van der Waals surface area contributed by atoms with Crippen LogP contribution in [0.25, 0.3) is 0 Å². The van der Waals surface area contributed by atoms with E-state index in [4.69, 9.17) is 19.9 Å². The molecule has 0 radical (unpaired) electrons. The van der Waals surface area contributed by atoms with Gasteiger partial charge in [-0.3, -0.25) is 4.79 Å². The number of hydrogen-bond acceptors (Lipinski definition) is 5. The monoisotopic (exact) mass is 279 g/mol. The van der Waals surface area contributed by atoms with Gasteiger partial charge in [-0.1, -0.05) is 0 Å². The van der Waals surface area contributed by atoms with Crippen molar-refractivity contribution in [1.29, 1.82) is 0 Å². The zero-order valence-corrected chi connectivity index (χ0v) is 11.4. The number of esters is 1. The van der Waals surface area contributed by atoms with Crippen LogP contribution < -0.4 is 15.2 Å². The van der Waals surface area contributed by atoms with Gasteiger partial charge in [-0.2, -0.15) is 0 Å². The van der Waals surface area contributed by atoms with Crippen LogP contribution >= 0.6 is 0 Å². The molecule has 108 valence electrons. The summed E-state index contributed by atoms with van der Waals surface area (Å²) in [4.78, 5) is 22.1. The summed E-state index contributed by atoms with van der Waals surface area (Å²) in [6.07, 6.45) is 2.81. The maximum Gasteiger partial charge on any atom is 0.330 e. The van der Waals surface area contributed by atoms with Crippen molar-refractivity contribution in [2.75, 3.05) is 20.3 Å². The highest BCUT2D eigenvalue weighted by atomic mass is 16.5. The van der Waals surface area contributed by atoms with E-state index in [2.05, 4.69) is 0 Å². The topological polar surface area (TPSA) is 87.9 Å². The zero-order chi connectivity index (χ0) is 15.0.